The van der Waals surface area contributed by atoms with Crippen molar-refractivity contribution in [3.8, 4) is 33.6 Å². The number of para-hydroxylation sites is 5. The number of imide groups is 1. The maximum atomic E-state index is 15.3. The molecule has 0 radical (unpaired) electrons. The van der Waals surface area contributed by atoms with Gasteiger partial charge in [-0.25, -0.2) is 4.90 Å². The molecule has 1 aliphatic rings. The lowest BCUT2D eigenvalue weighted by Gasteiger charge is -2.23. The fourth-order valence-electron chi connectivity index (χ4n) is 8.76. The topological polar surface area (TPSA) is 47.2 Å². The Morgan fingerprint density at radius 2 is 0.764 bits per heavy atom. The van der Waals surface area contributed by atoms with E-state index in [1.54, 1.807) is 6.07 Å². The number of amides is 2. The molecule has 1 aliphatic heterocycles. The van der Waals surface area contributed by atoms with Crippen LogP contribution in [0.5, 0.6) is 0 Å². The first-order valence-corrected chi connectivity index (χ1v) is 18.5. The van der Waals surface area contributed by atoms with Gasteiger partial charge in [-0.2, -0.15) is 0 Å². The smallest absolute Gasteiger partial charge is 0.268 e. The van der Waals surface area contributed by atoms with Crippen LogP contribution in [0.3, 0.4) is 0 Å². The van der Waals surface area contributed by atoms with E-state index in [0.717, 1.165) is 60.8 Å². The van der Waals surface area contributed by atoms with Crippen LogP contribution < -0.4 is 4.90 Å². The molecule has 0 saturated carbocycles. The Morgan fingerprint density at radius 3 is 1.36 bits per heavy atom. The van der Waals surface area contributed by atoms with Crippen LogP contribution in [-0.4, -0.2) is 20.9 Å². The molecule has 5 nitrogen and oxygen atoms in total. The van der Waals surface area contributed by atoms with E-state index >= 15 is 4.79 Å². The van der Waals surface area contributed by atoms with Gasteiger partial charge in [-0.05, 0) is 47.5 Å². The molecule has 0 atom stereocenters. The number of hydrogen-bond donors (Lipinski definition) is 0. The summed E-state index contributed by atoms with van der Waals surface area (Å²) in [6.07, 6.45) is 0. The summed E-state index contributed by atoms with van der Waals surface area (Å²) in [4.78, 5) is 31.6. The molecule has 5 heteroatoms. The van der Waals surface area contributed by atoms with Crippen LogP contribution in [0.15, 0.2) is 188 Å². The van der Waals surface area contributed by atoms with Crippen LogP contribution in [0.2, 0.25) is 0 Å². The molecule has 8 aromatic carbocycles. The Balaban J connectivity index is 1.20. The highest BCUT2D eigenvalue weighted by molar-refractivity contribution is 6.37. The van der Waals surface area contributed by atoms with Gasteiger partial charge >= 0.3 is 0 Å². The second-order valence-electron chi connectivity index (χ2n) is 14.0. The van der Waals surface area contributed by atoms with Crippen LogP contribution >= 0.6 is 0 Å². The van der Waals surface area contributed by atoms with Gasteiger partial charge in [0, 0.05) is 32.7 Å². The van der Waals surface area contributed by atoms with Gasteiger partial charge in [0.1, 0.15) is 0 Å². The summed E-state index contributed by atoms with van der Waals surface area (Å²) in [6, 6.07) is 63.3. The van der Waals surface area contributed by atoms with Crippen molar-refractivity contribution in [3.63, 3.8) is 0 Å². The molecular weight excluding hydrogens is 675 g/mol. The van der Waals surface area contributed by atoms with Gasteiger partial charge < -0.3 is 9.13 Å². The standard InChI is InChI=1S/C50H31N3O2/c54-49-40-26-15-30-44(46(40)50(55)53(49)47-34(32-16-3-1-4-17-32)23-13-24-35(47)33-18-5-2-6-19-33)52-43-29-12-9-22-38(43)39-25-14-31-45(48(39)52)51-41-27-10-7-20-36(41)37-21-8-11-28-42(37)51/h1-31H. The predicted octanol–water partition coefficient (Wildman–Crippen LogP) is 12.0. The summed E-state index contributed by atoms with van der Waals surface area (Å²) in [5, 5.41) is 4.45. The van der Waals surface area contributed by atoms with Gasteiger partial charge in [0.2, 0.25) is 0 Å². The zero-order valence-corrected chi connectivity index (χ0v) is 29.6. The molecule has 258 valence electrons. The summed E-state index contributed by atoms with van der Waals surface area (Å²) in [5.74, 6) is -0.692. The van der Waals surface area contributed by atoms with Crippen molar-refractivity contribution < 1.29 is 9.59 Å². The van der Waals surface area contributed by atoms with E-state index in [2.05, 4.69) is 94.1 Å². The number of rotatable bonds is 5. The molecular formula is C50H31N3O2. The molecule has 0 fully saturated rings. The van der Waals surface area contributed by atoms with Gasteiger partial charge in [0.05, 0.1) is 50.3 Å². The Kier molecular flexibility index (Phi) is 6.79. The van der Waals surface area contributed by atoms with Gasteiger partial charge in [-0.1, -0.05) is 152 Å². The predicted molar refractivity (Wildman–Crippen MR) is 224 cm³/mol. The van der Waals surface area contributed by atoms with Crippen LogP contribution in [-0.2, 0) is 0 Å². The van der Waals surface area contributed by atoms with E-state index in [-0.39, 0.29) is 11.8 Å². The van der Waals surface area contributed by atoms with Gasteiger partial charge in [-0.15, -0.1) is 0 Å². The highest BCUT2D eigenvalue weighted by atomic mass is 16.2. The van der Waals surface area contributed by atoms with E-state index in [4.69, 9.17) is 0 Å². The molecule has 0 N–H and O–H groups in total. The SMILES string of the molecule is O=C1c2cccc(-n3c4ccccc4c4cccc(-n5c6ccccc6c6ccccc65)c43)c2C(=O)N1c1c(-c2ccccc2)cccc1-c1ccccc1. The highest BCUT2D eigenvalue weighted by Gasteiger charge is 2.41. The molecule has 0 aliphatic carbocycles. The zero-order chi connectivity index (χ0) is 36.6. The van der Waals surface area contributed by atoms with Crippen molar-refractivity contribution in [2.45, 2.75) is 0 Å². The molecule has 55 heavy (non-hydrogen) atoms. The summed E-state index contributed by atoms with van der Waals surface area (Å²) in [6.45, 7) is 0. The number of fused-ring (bicyclic) bond motifs is 7. The normalized spacial score (nSPS) is 12.8. The fourth-order valence-corrected chi connectivity index (χ4v) is 8.76. The quantitative estimate of drug-likeness (QED) is 0.167. The lowest BCUT2D eigenvalue weighted by Crippen LogP contribution is -2.30. The maximum absolute atomic E-state index is 15.3. The molecule has 2 amide bonds. The van der Waals surface area contributed by atoms with Gasteiger partial charge in [-0.3, -0.25) is 9.59 Å². The second kappa shape index (κ2) is 12.0. The molecule has 0 unspecified atom stereocenters. The summed E-state index contributed by atoms with van der Waals surface area (Å²) < 4.78 is 4.52. The van der Waals surface area contributed by atoms with Crippen LogP contribution in [0.1, 0.15) is 20.7 Å². The molecule has 0 saturated heterocycles. The number of carbonyl (C=O) groups excluding carboxylic acids is 2. The van der Waals surface area contributed by atoms with Crippen LogP contribution in [0.25, 0.3) is 77.2 Å². The third kappa shape index (κ3) is 4.47. The largest absolute Gasteiger partial charge is 0.307 e. The van der Waals surface area contributed by atoms with Crippen molar-refractivity contribution in [2.24, 2.45) is 0 Å². The van der Waals surface area contributed by atoms with Crippen molar-refractivity contribution in [2.75, 3.05) is 4.90 Å². The first kappa shape index (κ1) is 31.1. The number of anilines is 1. The summed E-state index contributed by atoms with van der Waals surface area (Å²) in [7, 11) is 0. The molecule has 10 aromatic rings. The average Bonchev–Trinajstić information content (AvgIpc) is 3.86. The Labute approximate surface area is 316 Å². The van der Waals surface area contributed by atoms with Crippen LogP contribution in [0, 0.1) is 0 Å². The number of hydrogen-bond acceptors (Lipinski definition) is 2. The molecule has 0 spiro atoms. The van der Waals surface area contributed by atoms with E-state index in [1.165, 1.54) is 15.7 Å². The van der Waals surface area contributed by atoms with E-state index < -0.39 is 0 Å². The molecule has 11 rings (SSSR count). The summed E-state index contributed by atoms with van der Waals surface area (Å²) >= 11 is 0. The monoisotopic (exact) mass is 705 g/mol. The minimum Gasteiger partial charge on any atom is -0.307 e. The fraction of sp³-hybridized carbons (Fsp3) is 0. The Hall–Kier alpha value is -7.50. The average molecular weight is 706 g/mol. The Bertz CT molecular complexity index is 3080. The van der Waals surface area contributed by atoms with Gasteiger partial charge in [0.15, 0.2) is 0 Å². The first-order valence-electron chi connectivity index (χ1n) is 18.5. The minimum absolute atomic E-state index is 0.342. The van der Waals surface area contributed by atoms with Crippen molar-refractivity contribution >= 4 is 61.1 Å². The maximum Gasteiger partial charge on any atom is 0.268 e. The minimum atomic E-state index is -0.351. The number of aromatic nitrogens is 2. The van der Waals surface area contributed by atoms with Crippen molar-refractivity contribution in [3.05, 3.63) is 199 Å². The second-order valence-corrected chi connectivity index (χ2v) is 14.0. The van der Waals surface area contributed by atoms with Crippen LogP contribution in [0.4, 0.5) is 5.69 Å². The Morgan fingerprint density at radius 1 is 0.327 bits per heavy atom. The van der Waals surface area contributed by atoms with E-state index in [0.29, 0.717) is 22.5 Å². The molecule has 3 heterocycles. The lowest BCUT2D eigenvalue weighted by atomic mass is 9.95. The number of nitrogens with zero attached hydrogens (tertiary/aromatic N) is 3. The van der Waals surface area contributed by atoms with E-state index in [1.807, 2.05) is 97.1 Å². The third-order valence-corrected chi connectivity index (χ3v) is 11.1. The molecule has 0 bridgehead atoms. The zero-order valence-electron chi connectivity index (χ0n) is 29.6. The number of carbonyl (C=O) groups is 2. The third-order valence-electron chi connectivity index (χ3n) is 11.1. The van der Waals surface area contributed by atoms with Crippen molar-refractivity contribution in [1.82, 2.24) is 9.13 Å². The highest BCUT2D eigenvalue weighted by Crippen LogP contribution is 2.45. The summed E-state index contributed by atoms with van der Waals surface area (Å²) in [5.41, 5.74) is 10.5. The van der Waals surface area contributed by atoms with Crippen molar-refractivity contribution in [1.29, 1.82) is 0 Å². The molecule has 2 aromatic heterocycles. The number of benzene rings is 8. The van der Waals surface area contributed by atoms with Gasteiger partial charge in [0.25, 0.3) is 11.8 Å². The first-order chi connectivity index (χ1) is 27.2. The lowest BCUT2D eigenvalue weighted by molar-refractivity contribution is 0.0926. The van der Waals surface area contributed by atoms with E-state index in [9.17, 15) is 4.79 Å².